The Morgan fingerprint density at radius 2 is 2.14 bits per heavy atom. The molecule has 28 heavy (non-hydrogen) atoms. The molecular weight excluding hydrogens is 376 g/mol. The lowest BCUT2D eigenvalue weighted by atomic mass is 9.75. The van der Waals surface area contributed by atoms with Gasteiger partial charge < -0.3 is 14.5 Å². The van der Waals surface area contributed by atoms with Crippen molar-refractivity contribution < 1.29 is 14.3 Å². The molecule has 2 aliphatic heterocycles. The van der Waals surface area contributed by atoms with Gasteiger partial charge in [0.15, 0.2) is 0 Å². The second kappa shape index (κ2) is 7.87. The van der Waals surface area contributed by atoms with Crippen LogP contribution in [0.4, 0.5) is 5.95 Å². The number of likely N-dealkylation sites (tertiary alicyclic amines) is 1. The summed E-state index contributed by atoms with van der Waals surface area (Å²) in [4.78, 5) is 38.6. The number of hydrogen-bond donors (Lipinski definition) is 0. The van der Waals surface area contributed by atoms with E-state index in [9.17, 15) is 9.59 Å². The smallest absolute Gasteiger partial charge is 0.314 e. The molecule has 8 heteroatoms. The summed E-state index contributed by atoms with van der Waals surface area (Å²) in [6, 6.07) is 3.63. The van der Waals surface area contributed by atoms with E-state index in [2.05, 4.69) is 14.9 Å². The van der Waals surface area contributed by atoms with E-state index in [-0.39, 0.29) is 17.8 Å². The van der Waals surface area contributed by atoms with Crippen LogP contribution in [0.25, 0.3) is 0 Å². The van der Waals surface area contributed by atoms with Crippen molar-refractivity contribution in [1.29, 1.82) is 0 Å². The molecule has 2 atom stereocenters. The van der Waals surface area contributed by atoms with Crippen LogP contribution >= 0.6 is 11.3 Å². The van der Waals surface area contributed by atoms with Crippen molar-refractivity contribution in [3.63, 3.8) is 0 Å². The Morgan fingerprint density at radius 3 is 2.86 bits per heavy atom. The summed E-state index contributed by atoms with van der Waals surface area (Å²) in [7, 11) is 0. The Bertz CT molecular complexity index is 829. The maximum atomic E-state index is 13.0. The number of amides is 1. The van der Waals surface area contributed by atoms with Gasteiger partial charge in [0.25, 0.3) is 5.91 Å². The monoisotopic (exact) mass is 400 g/mol. The molecule has 148 valence electrons. The SMILES string of the molecule is CCOC(=O)[C@]12CCCN(C(=O)c3ccsc3)C[C@H]1CN(c1ncccn1)C2. The predicted octanol–water partition coefficient (Wildman–Crippen LogP) is 2.46. The van der Waals surface area contributed by atoms with Crippen molar-refractivity contribution in [2.24, 2.45) is 11.3 Å². The van der Waals surface area contributed by atoms with Crippen LogP contribution in [0.1, 0.15) is 30.1 Å². The van der Waals surface area contributed by atoms with E-state index in [1.807, 2.05) is 28.7 Å². The maximum absolute atomic E-state index is 13.0. The summed E-state index contributed by atoms with van der Waals surface area (Å²) in [6.45, 7) is 4.55. The number of nitrogens with zero attached hydrogens (tertiary/aromatic N) is 4. The fraction of sp³-hybridized carbons (Fsp3) is 0.500. The summed E-state index contributed by atoms with van der Waals surface area (Å²) >= 11 is 1.52. The molecule has 0 radical (unpaired) electrons. The average Bonchev–Trinajstić information content (AvgIpc) is 3.34. The van der Waals surface area contributed by atoms with Gasteiger partial charge in [-0.1, -0.05) is 0 Å². The van der Waals surface area contributed by atoms with Crippen molar-refractivity contribution in [2.45, 2.75) is 19.8 Å². The molecule has 0 aromatic carbocycles. The maximum Gasteiger partial charge on any atom is 0.314 e. The standard InChI is InChI=1S/C20H24N4O3S/c1-2-27-18(26)20-6-3-9-23(17(25)15-5-10-28-13-15)11-16(20)12-24(14-20)19-21-7-4-8-22-19/h4-5,7-8,10,13,16H,2-3,6,9,11-12,14H2,1H3/t16-,20-/m0/s1. The number of anilines is 1. The first kappa shape index (κ1) is 18.9. The van der Waals surface area contributed by atoms with Crippen LogP contribution in [0.15, 0.2) is 35.3 Å². The molecule has 2 aromatic rings. The lowest BCUT2D eigenvalue weighted by Crippen LogP contribution is -2.43. The van der Waals surface area contributed by atoms with Crippen molar-refractivity contribution in [3.8, 4) is 0 Å². The van der Waals surface area contributed by atoms with Gasteiger partial charge >= 0.3 is 5.97 Å². The molecule has 0 bridgehead atoms. The Morgan fingerprint density at radius 1 is 1.32 bits per heavy atom. The van der Waals surface area contributed by atoms with Crippen molar-refractivity contribution in [1.82, 2.24) is 14.9 Å². The van der Waals surface area contributed by atoms with E-state index in [1.165, 1.54) is 11.3 Å². The van der Waals surface area contributed by atoms with Crippen LogP contribution in [-0.4, -0.2) is 59.5 Å². The third kappa shape index (κ3) is 3.37. The highest BCUT2D eigenvalue weighted by Crippen LogP contribution is 2.44. The molecule has 4 heterocycles. The van der Waals surface area contributed by atoms with Crippen LogP contribution in [-0.2, 0) is 9.53 Å². The summed E-state index contributed by atoms with van der Waals surface area (Å²) < 4.78 is 5.49. The normalized spacial score (nSPS) is 24.5. The third-order valence-corrected chi connectivity index (χ3v) is 6.44. The fourth-order valence-corrected chi connectivity index (χ4v) is 5.03. The molecule has 0 N–H and O–H groups in total. The van der Waals surface area contributed by atoms with Crippen LogP contribution < -0.4 is 4.90 Å². The molecule has 0 saturated carbocycles. The van der Waals surface area contributed by atoms with E-state index >= 15 is 0 Å². The van der Waals surface area contributed by atoms with E-state index < -0.39 is 5.41 Å². The number of aromatic nitrogens is 2. The van der Waals surface area contributed by atoms with Gasteiger partial charge in [-0.2, -0.15) is 11.3 Å². The number of ether oxygens (including phenoxy) is 1. The number of carbonyl (C=O) groups excluding carboxylic acids is 2. The summed E-state index contributed by atoms with van der Waals surface area (Å²) in [6.07, 6.45) is 4.89. The zero-order valence-corrected chi connectivity index (χ0v) is 16.7. The van der Waals surface area contributed by atoms with E-state index in [0.29, 0.717) is 45.2 Å². The Kier molecular flexibility index (Phi) is 5.30. The average molecular weight is 401 g/mol. The van der Waals surface area contributed by atoms with Crippen molar-refractivity contribution in [2.75, 3.05) is 37.7 Å². The van der Waals surface area contributed by atoms with E-state index in [0.717, 1.165) is 12.0 Å². The third-order valence-electron chi connectivity index (χ3n) is 5.76. The minimum absolute atomic E-state index is 0.0135. The minimum atomic E-state index is -0.626. The molecule has 7 nitrogen and oxygen atoms in total. The molecule has 1 amide bonds. The van der Waals surface area contributed by atoms with Gasteiger partial charge in [-0.05, 0) is 37.3 Å². The highest BCUT2D eigenvalue weighted by atomic mass is 32.1. The molecule has 2 aliphatic rings. The topological polar surface area (TPSA) is 75.6 Å². The Balaban J connectivity index is 1.62. The van der Waals surface area contributed by atoms with E-state index in [1.54, 1.807) is 18.5 Å². The highest BCUT2D eigenvalue weighted by molar-refractivity contribution is 7.08. The number of fused-ring (bicyclic) bond motifs is 1. The van der Waals surface area contributed by atoms with Crippen LogP contribution in [0.3, 0.4) is 0 Å². The second-order valence-electron chi connectivity index (χ2n) is 7.37. The zero-order valence-electron chi connectivity index (χ0n) is 15.9. The van der Waals surface area contributed by atoms with Gasteiger partial charge in [-0.3, -0.25) is 9.59 Å². The largest absolute Gasteiger partial charge is 0.466 e. The van der Waals surface area contributed by atoms with Gasteiger partial charge in [0.05, 0.1) is 17.6 Å². The first-order valence-corrected chi connectivity index (χ1v) is 10.6. The van der Waals surface area contributed by atoms with Crippen LogP contribution in [0, 0.1) is 11.3 Å². The van der Waals surface area contributed by atoms with Gasteiger partial charge in [-0.25, -0.2) is 9.97 Å². The summed E-state index contributed by atoms with van der Waals surface area (Å²) in [5.74, 6) is 0.481. The zero-order chi connectivity index (χ0) is 19.6. The predicted molar refractivity (Wildman–Crippen MR) is 106 cm³/mol. The molecular formula is C20H24N4O3S. The first-order chi connectivity index (χ1) is 13.6. The van der Waals surface area contributed by atoms with Crippen LogP contribution in [0.2, 0.25) is 0 Å². The summed E-state index contributed by atoms with van der Waals surface area (Å²) in [5.41, 5.74) is 0.0914. The number of hydrogen-bond acceptors (Lipinski definition) is 7. The molecule has 0 spiro atoms. The van der Waals surface area contributed by atoms with Gasteiger partial charge in [0.2, 0.25) is 5.95 Å². The lowest BCUT2D eigenvalue weighted by Gasteiger charge is -2.31. The lowest BCUT2D eigenvalue weighted by molar-refractivity contribution is -0.157. The number of esters is 1. The second-order valence-corrected chi connectivity index (χ2v) is 8.15. The Hall–Kier alpha value is -2.48. The molecule has 2 fully saturated rings. The number of rotatable bonds is 4. The van der Waals surface area contributed by atoms with Gasteiger partial charge in [0, 0.05) is 49.9 Å². The Labute approximate surface area is 168 Å². The highest BCUT2D eigenvalue weighted by Gasteiger charge is 2.55. The van der Waals surface area contributed by atoms with Crippen LogP contribution in [0.5, 0.6) is 0 Å². The molecule has 0 aliphatic carbocycles. The molecule has 0 unspecified atom stereocenters. The minimum Gasteiger partial charge on any atom is -0.466 e. The van der Waals surface area contributed by atoms with Gasteiger partial charge in [-0.15, -0.1) is 0 Å². The molecule has 2 aromatic heterocycles. The first-order valence-electron chi connectivity index (χ1n) is 9.64. The van der Waals surface area contributed by atoms with E-state index in [4.69, 9.17) is 4.74 Å². The quantitative estimate of drug-likeness (QED) is 0.734. The fourth-order valence-electron chi connectivity index (χ4n) is 4.40. The van der Waals surface area contributed by atoms with Crippen molar-refractivity contribution in [3.05, 3.63) is 40.8 Å². The molecule has 4 rings (SSSR count). The number of thiophene rings is 1. The summed E-state index contributed by atoms with van der Waals surface area (Å²) in [5, 5.41) is 3.79. The van der Waals surface area contributed by atoms with Crippen molar-refractivity contribution >= 4 is 29.2 Å². The number of carbonyl (C=O) groups is 2. The molecule has 2 saturated heterocycles. The van der Waals surface area contributed by atoms with Gasteiger partial charge in [0.1, 0.15) is 0 Å².